The summed E-state index contributed by atoms with van der Waals surface area (Å²) < 4.78 is 28.1. The molecule has 0 amide bonds. The van der Waals surface area contributed by atoms with Crippen LogP contribution in [0.25, 0.3) is 0 Å². The molecule has 23 heavy (non-hydrogen) atoms. The first-order valence-corrected chi connectivity index (χ1v) is 8.90. The molecule has 9 heteroatoms. The number of nitrogens with zero attached hydrogens (tertiary/aromatic N) is 2. The monoisotopic (exact) mass is 370 g/mol. The fourth-order valence-electron chi connectivity index (χ4n) is 2.09. The lowest BCUT2D eigenvalue weighted by Gasteiger charge is -2.19. The van der Waals surface area contributed by atoms with Gasteiger partial charge >= 0.3 is 0 Å². The lowest BCUT2D eigenvalue weighted by Crippen LogP contribution is -2.35. The zero-order valence-electron chi connectivity index (χ0n) is 11.8. The van der Waals surface area contributed by atoms with Crippen LogP contribution in [0, 0.1) is 0 Å². The highest BCUT2D eigenvalue weighted by atomic mass is 35.5. The van der Waals surface area contributed by atoms with Crippen LogP contribution in [0.3, 0.4) is 0 Å². The Bertz CT molecular complexity index is 870. The molecule has 6 nitrogen and oxygen atoms in total. The maximum absolute atomic E-state index is 12.2. The summed E-state index contributed by atoms with van der Waals surface area (Å²) >= 11 is 11.8. The fourth-order valence-corrected chi connectivity index (χ4v) is 3.59. The van der Waals surface area contributed by atoms with Gasteiger partial charge in [0, 0.05) is 24.9 Å². The van der Waals surface area contributed by atoms with Crippen molar-refractivity contribution in [2.24, 2.45) is 4.40 Å². The van der Waals surface area contributed by atoms with Crippen LogP contribution in [0.2, 0.25) is 10.0 Å². The molecule has 2 N–H and O–H groups in total. The Morgan fingerprint density at radius 3 is 2.70 bits per heavy atom. The van der Waals surface area contributed by atoms with Crippen LogP contribution >= 0.6 is 23.2 Å². The van der Waals surface area contributed by atoms with Gasteiger partial charge in [0.15, 0.2) is 0 Å². The van der Waals surface area contributed by atoms with Crippen LogP contribution in [0.5, 0.6) is 0 Å². The number of benzene rings is 1. The van der Waals surface area contributed by atoms with Crippen molar-refractivity contribution >= 4 is 44.9 Å². The Balaban J connectivity index is 1.75. The Morgan fingerprint density at radius 1 is 1.17 bits per heavy atom. The van der Waals surface area contributed by atoms with E-state index in [0.29, 0.717) is 18.7 Å². The molecule has 0 fully saturated rings. The van der Waals surface area contributed by atoms with Gasteiger partial charge in [-0.1, -0.05) is 29.3 Å². The number of anilines is 1. The number of guanidine groups is 1. The largest absolute Gasteiger partial charge is 0.355 e. The van der Waals surface area contributed by atoms with Crippen LogP contribution < -0.4 is 10.6 Å². The van der Waals surface area contributed by atoms with Crippen molar-refractivity contribution < 1.29 is 8.42 Å². The molecule has 0 bridgehead atoms. The number of fused-ring (bicyclic) bond motifs is 1. The second-order valence-electron chi connectivity index (χ2n) is 4.80. The summed E-state index contributed by atoms with van der Waals surface area (Å²) in [5.74, 6) is 0.145. The van der Waals surface area contributed by atoms with E-state index in [-0.39, 0.29) is 20.9 Å². The molecule has 1 aliphatic heterocycles. The van der Waals surface area contributed by atoms with E-state index in [1.165, 1.54) is 12.1 Å². The van der Waals surface area contributed by atoms with Crippen molar-refractivity contribution in [3.05, 3.63) is 52.3 Å². The van der Waals surface area contributed by atoms with Gasteiger partial charge in [-0.3, -0.25) is 4.98 Å². The topological polar surface area (TPSA) is 83.5 Å². The number of nitrogens with one attached hydrogen (secondary N) is 2. The average Bonchev–Trinajstić information content (AvgIpc) is 2.50. The highest BCUT2D eigenvalue weighted by molar-refractivity contribution is 7.90. The molecule has 3 rings (SSSR count). The van der Waals surface area contributed by atoms with E-state index in [9.17, 15) is 8.42 Å². The van der Waals surface area contributed by atoms with Crippen molar-refractivity contribution in [1.29, 1.82) is 0 Å². The minimum absolute atomic E-state index is 0.00201. The lowest BCUT2D eigenvalue weighted by molar-refractivity contribution is 0.597. The Hall–Kier alpha value is -1.83. The predicted octanol–water partition coefficient (Wildman–Crippen LogP) is 2.69. The van der Waals surface area contributed by atoms with Crippen LogP contribution in [0.1, 0.15) is 5.69 Å². The fraction of sp³-hybridized carbons (Fsp3) is 0.143. The molecule has 2 heterocycles. The van der Waals surface area contributed by atoms with E-state index < -0.39 is 10.0 Å². The van der Waals surface area contributed by atoms with Gasteiger partial charge in [-0.05, 0) is 24.3 Å². The minimum atomic E-state index is -3.82. The third-order valence-electron chi connectivity index (χ3n) is 3.16. The SMILES string of the molecule is O=S1(=O)N=C(NCCc2ccccn2)Nc2cc(Cl)c(Cl)cc21. The molecule has 120 valence electrons. The van der Waals surface area contributed by atoms with Gasteiger partial charge in [0.05, 0.1) is 15.7 Å². The van der Waals surface area contributed by atoms with Gasteiger partial charge in [0.25, 0.3) is 10.0 Å². The van der Waals surface area contributed by atoms with Gasteiger partial charge < -0.3 is 10.6 Å². The lowest BCUT2D eigenvalue weighted by atomic mass is 10.3. The predicted molar refractivity (Wildman–Crippen MR) is 90.6 cm³/mol. The van der Waals surface area contributed by atoms with Crippen molar-refractivity contribution in [3.8, 4) is 0 Å². The zero-order valence-corrected chi connectivity index (χ0v) is 14.1. The molecule has 0 atom stereocenters. The molecular formula is C14H12Cl2N4O2S. The van der Waals surface area contributed by atoms with Gasteiger partial charge in [-0.25, -0.2) is 0 Å². The van der Waals surface area contributed by atoms with E-state index in [1.807, 2.05) is 18.2 Å². The Kier molecular flexibility index (Phi) is 4.43. The molecule has 0 saturated heterocycles. The summed E-state index contributed by atoms with van der Waals surface area (Å²) in [5.41, 5.74) is 1.24. The first-order chi connectivity index (χ1) is 11.0. The molecule has 0 unspecified atom stereocenters. The second-order valence-corrected chi connectivity index (χ2v) is 7.19. The molecule has 1 aromatic heterocycles. The van der Waals surface area contributed by atoms with Crippen molar-refractivity contribution in [2.45, 2.75) is 11.3 Å². The van der Waals surface area contributed by atoms with Crippen LogP contribution in [-0.4, -0.2) is 25.9 Å². The van der Waals surface area contributed by atoms with Gasteiger partial charge in [-0.15, -0.1) is 4.40 Å². The van der Waals surface area contributed by atoms with Crippen LogP contribution in [0.15, 0.2) is 45.8 Å². The molecule has 0 radical (unpaired) electrons. The standard InChI is InChI=1S/C14H12Cl2N4O2S/c15-10-7-12-13(8-11(10)16)23(21,22)20-14(19-12)18-6-4-9-3-1-2-5-17-9/h1-3,5,7-8H,4,6H2,(H2,18,19,20). The molecule has 1 aromatic carbocycles. The first-order valence-electron chi connectivity index (χ1n) is 6.70. The number of rotatable bonds is 3. The summed E-state index contributed by atoms with van der Waals surface area (Å²) in [7, 11) is -3.82. The summed E-state index contributed by atoms with van der Waals surface area (Å²) in [6.07, 6.45) is 2.34. The van der Waals surface area contributed by atoms with E-state index in [0.717, 1.165) is 5.69 Å². The third kappa shape index (κ3) is 3.57. The maximum Gasteiger partial charge on any atom is 0.287 e. The summed E-state index contributed by atoms with van der Waals surface area (Å²) in [6, 6.07) is 8.38. The van der Waals surface area contributed by atoms with E-state index in [2.05, 4.69) is 20.0 Å². The number of hydrogen-bond acceptors (Lipinski definition) is 5. The van der Waals surface area contributed by atoms with Gasteiger partial charge in [0.1, 0.15) is 4.90 Å². The van der Waals surface area contributed by atoms with Crippen LogP contribution in [-0.2, 0) is 16.4 Å². The Labute approximate surface area is 143 Å². The van der Waals surface area contributed by atoms with Crippen LogP contribution in [0.4, 0.5) is 5.69 Å². The number of sulfonamides is 1. The van der Waals surface area contributed by atoms with Crippen molar-refractivity contribution in [3.63, 3.8) is 0 Å². The smallest absolute Gasteiger partial charge is 0.287 e. The quantitative estimate of drug-likeness (QED) is 0.867. The number of aromatic nitrogens is 1. The zero-order chi connectivity index (χ0) is 16.4. The van der Waals surface area contributed by atoms with Crippen molar-refractivity contribution in [2.75, 3.05) is 11.9 Å². The highest BCUT2D eigenvalue weighted by Gasteiger charge is 2.26. The third-order valence-corrected chi connectivity index (χ3v) is 5.20. The second kappa shape index (κ2) is 6.35. The normalized spacial score (nSPS) is 15.3. The summed E-state index contributed by atoms with van der Waals surface area (Å²) in [5, 5.41) is 6.28. The van der Waals surface area contributed by atoms with E-state index in [4.69, 9.17) is 23.2 Å². The van der Waals surface area contributed by atoms with E-state index >= 15 is 0 Å². The van der Waals surface area contributed by atoms with Crippen molar-refractivity contribution in [1.82, 2.24) is 10.3 Å². The van der Waals surface area contributed by atoms with E-state index in [1.54, 1.807) is 6.20 Å². The highest BCUT2D eigenvalue weighted by Crippen LogP contribution is 2.34. The number of hydrogen-bond donors (Lipinski definition) is 2. The summed E-state index contributed by atoms with van der Waals surface area (Å²) in [4.78, 5) is 4.20. The maximum atomic E-state index is 12.2. The first kappa shape index (κ1) is 16.0. The molecule has 1 aliphatic rings. The minimum Gasteiger partial charge on any atom is -0.355 e. The Morgan fingerprint density at radius 2 is 1.96 bits per heavy atom. The molecule has 0 spiro atoms. The van der Waals surface area contributed by atoms with Gasteiger partial charge in [0.2, 0.25) is 5.96 Å². The molecule has 0 aliphatic carbocycles. The average molecular weight is 371 g/mol. The number of pyridine rings is 1. The summed E-state index contributed by atoms with van der Waals surface area (Å²) in [6.45, 7) is 0.481. The van der Waals surface area contributed by atoms with Gasteiger partial charge in [-0.2, -0.15) is 8.42 Å². The molecular weight excluding hydrogens is 359 g/mol. The molecule has 0 saturated carbocycles. The number of halogens is 2. The molecule has 2 aromatic rings.